The first kappa shape index (κ1) is 18.4. The first-order chi connectivity index (χ1) is 11.5. The summed E-state index contributed by atoms with van der Waals surface area (Å²) in [6.07, 6.45) is 0.806. The maximum atomic E-state index is 12.8. The highest BCUT2D eigenvalue weighted by molar-refractivity contribution is 5.88. The molecule has 24 heavy (non-hydrogen) atoms. The minimum absolute atomic E-state index is 0.0735. The molecule has 1 fully saturated rings. The molecule has 1 aromatic rings. The van der Waals surface area contributed by atoms with Gasteiger partial charge < -0.3 is 10.6 Å². The summed E-state index contributed by atoms with van der Waals surface area (Å²) in [6.45, 7) is 6.90. The largest absolute Gasteiger partial charge is 0.356 e. The van der Waals surface area contributed by atoms with Crippen LogP contribution in [0.15, 0.2) is 24.3 Å². The van der Waals surface area contributed by atoms with E-state index in [0.29, 0.717) is 25.4 Å². The van der Waals surface area contributed by atoms with Gasteiger partial charge in [0.2, 0.25) is 11.8 Å². The Kier molecular flexibility index (Phi) is 6.73. The summed E-state index contributed by atoms with van der Waals surface area (Å²) in [5.41, 5.74) is 0.966. The summed E-state index contributed by atoms with van der Waals surface area (Å²) in [6, 6.07) is 5.84. The summed E-state index contributed by atoms with van der Waals surface area (Å²) < 4.78 is 12.8. The number of halogens is 1. The second-order valence-corrected chi connectivity index (χ2v) is 6.63. The van der Waals surface area contributed by atoms with Crippen LogP contribution in [0.25, 0.3) is 0 Å². The molecule has 0 bridgehead atoms. The van der Waals surface area contributed by atoms with E-state index in [1.54, 1.807) is 12.1 Å². The van der Waals surface area contributed by atoms with Crippen LogP contribution in [0.3, 0.4) is 0 Å². The van der Waals surface area contributed by atoms with E-state index < -0.39 is 6.04 Å². The SMILES string of the molecule is CC(C)CN1CCNC(=O)[C@@H]1CC(=O)NCCc1ccc(F)cc1. The van der Waals surface area contributed by atoms with Crippen LogP contribution in [0.1, 0.15) is 25.8 Å². The van der Waals surface area contributed by atoms with Crippen LogP contribution in [0.2, 0.25) is 0 Å². The first-order valence-electron chi connectivity index (χ1n) is 8.48. The number of carbonyl (C=O) groups is 2. The van der Waals surface area contributed by atoms with Crippen LogP contribution in [0, 0.1) is 11.7 Å². The van der Waals surface area contributed by atoms with Crippen molar-refractivity contribution in [3.63, 3.8) is 0 Å². The molecule has 6 heteroatoms. The van der Waals surface area contributed by atoms with Crippen molar-refractivity contribution in [1.29, 1.82) is 0 Å². The van der Waals surface area contributed by atoms with E-state index >= 15 is 0 Å². The molecule has 2 rings (SSSR count). The zero-order valence-corrected chi connectivity index (χ0v) is 14.3. The summed E-state index contributed by atoms with van der Waals surface area (Å²) in [5, 5.41) is 5.68. The van der Waals surface area contributed by atoms with Gasteiger partial charge in [0.05, 0.1) is 12.5 Å². The Morgan fingerprint density at radius 1 is 1.38 bits per heavy atom. The third-order valence-electron chi connectivity index (χ3n) is 4.07. The molecule has 1 atom stereocenters. The third kappa shape index (κ3) is 5.60. The zero-order chi connectivity index (χ0) is 17.5. The monoisotopic (exact) mass is 335 g/mol. The number of nitrogens with zero attached hydrogens (tertiary/aromatic N) is 1. The molecule has 132 valence electrons. The highest BCUT2D eigenvalue weighted by Gasteiger charge is 2.31. The Morgan fingerprint density at radius 3 is 2.75 bits per heavy atom. The standard InChI is InChI=1S/C18H26FN3O2/c1-13(2)12-22-10-9-21-18(24)16(22)11-17(23)20-8-7-14-3-5-15(19)6-4-14/h3-6,13,16H,7-12H2,1-2H3,(H,20,23)(H,21,24)/t16-/m0/s1. The molecule has 0 spiro atoms. The maximum Gasteiger partial charge on any atom is 0.237 e. The van der Waals surface area contributed by atoms with Gasteiger partial charge in [-0.3, -0.25) is 14.5 Å². The molecule has 0 saturated carbocycles. The van der Waals surface area contributed by atoms with Gasteiger partial charge in [-0.05, 0) is 30.0 Å². The van der Waals surface area contributed by atoms with Gasteiger partial charge in [-0.15, -0.1) is 0 Å². The lowest BCUT2D eigenvalue weighted by molar-refractivity contribution is -0.134. The van der Waals surface area contributed by atoms with Gasteiger partial charge in [0.15, 0.2) is 0 Å². The molecule has 5 nitrogen and oxygen atoms in total. The van der Waals surface area contributed by atoms with Crippen molar-refractivity contribution in [3.8, 4) is 0 Å². The number of hydrogen-bond donors (Lipinski definition) is 2. The van der Waals surface area contributed by atoms with Crippen LogP contribution in [0.4, 0.5) is 4.39 Å². The molecule has 0 aromatic heterocycles. The maximum absolute atomic E-state index is 12.8. The fourth-order valence-corrected chi connectivity index (χ4v) is 2.92. The summed E-state index contributed by atoms with van der Waals surface area (Å²) >= 11 is 0. The van der Waals surface area contributed by atoms with E-state index in [0.717, 1.165) is 18.7 Å². The minimum Gasteiger partial charge on any atom is -0.356 e. The molecule has 1 aliphatic rings. The highest BCUT2D eigenvalue weighted by Crippen LogP contribution is 2.11. The number of nitrogens with one attached hydrogen (secondary N) is 2. The molecule has 1 heterocycles. The molecule has 1 aliphatic heterocycles. The topological polar surface area (TPSA) is 61.4 Å². The molecule has 1 aromatic carbocycles. The number of amides is 2. The number of carbonyl (C=O) groups excluding carboxylic acids is 2. The average molecular weight is 335 g/mol. The van der Waals surface area contributed by atoms with Gasteiger partial charge in [0.1, 0.15) is 5.82 Å². The predicted octanol–water partition coefficient (Wildman–Crippen LogP) is 1.33. The third-order valence-corrected chi connectivity index (χ3v) is 4.07. The Morgan fingerprint density at radius 2 is 2.08 bits per heavy atom. The minimum atomic E-state index is -0.396. The van der Waals surface area contributed by atoms with Crippen molar-refractivity contribution < 1.29 is 14.0 Å². The van der Waals surface area contributed by atoms with Gasteiger partial charge in [-0.25, -0.2) is 4.39 Å². The van der Waals surface area contributed by atoms with Crippen molar-refractivity contribution in [1.82, 2.24) is 15.5 Å². The lowest BCUT2D eigenvalue weighted by atomic mass is 10.1. The second-order valence-electron chi connectivity index (χ2n) is 6.63. The van der Waals surface area contributed by atoms with Crippen LogP contribution in [-0.4, -0.2) is 48.9 Å². The van der Waals surface area contributed by atoms with Crippen molar-refractivity contribution >= 4 is 11.8 Å². The Balaban J connectivity index is 1.80. The number of rotatable bonds is 7. The van der Waals surface area contributed by atoms with Crippen LogP contribution < -0.4 is 10.6 Å². The van der Waals surface area contributed by atoms with Gasteiger partial charge in [0.25, 0.3) is 0 Å². The molecule has 0 unspecified atom stereocenters. The second kappa shape index (κ2) is 8.78. The molecular formula is C18H26FN3O2. The lowest BCUT2D eigenvalue weighted by Crippen LogP contribution is -2.57. The van der Waals surface area contributed by atoms with Crippen LogP contribution >= 0.6 is 0 Å². The predicted molar refractivity (Wildman–Crippen MR) is 90.9 cm³/mol. The number of benzene rings is 1. The van der Waals surface area contributed by atoms with Gasteiger partial charge in [0, 0.05) is 26.2 Å². The summed E-state index contributed by atoms with van der Waals surface area (Å²) in [5.74, 6) is -0.0280. The molecule has 2 amide bonds. The fraction of sp³-hybridized carbons (Fsp3) is 0.556. The van der Waals surface area contributed by atoms with Gasteiger partial charge in [-0.2, -0.15) is 0 Å². The number of hydrogen-bond acceptors (Lipinski definition) is 3. The van der Waals surface area contributed by atoms with Gasteiger partial charge >= 0.3 is 0 Å². The van der Waals surface area contributed by atoms with E-state index in [2.05, 4.69) is 29.4 Å². The van der Waals surface area contributed by atoms with Crippen molar-refractivity contribution in [2.24, 2.45) is 5.92 Å². The van der Waals surface area contributed by atoms with E-state index in [1.165, 1.54) is 12.1 Å². The molecule has 0 radical (unpaired) electrons. The molecular weight excluding hydrogens is 309 g/mol. The first-order valence-corrected chi connectivity index (χ1v) is 8.48. The average Bonchev–Trinajstić information content (AvgIpc) is 2.52. The Bertz CT molecular complexity index is 560. The normalized spacial score (nSPS) is 18.5. The molecule has 2 N–H and O–H groups in total. The van der Waals surface area contributed by atoms with E-state index in [1.807, 2.05) is 0 Å². The van der Waals surface area contributed by atoms with Gasteiger partial charge in [-0.1, -0.05) is 26.0 Å². The van der Waals surface area contributed by atoms with Crippen molar-refractivity contribution in [3.05, 3.63) is 35.6 Å². The summed E-state index contributed by atoms with van der Waals surface area (Å²) in [4.78, 5) is 26.3. The van der Waals surface area contributed by atoms with Crippen LogP contribution in [-0.2, 0) is 16.0 Å². The van der Waals surface area contributed by atoms with Crippen molar-refractivity contribution in [2.75, 3.05) is 26.2 Å². The van der Waals surface area contributed by atoms with Crippen LogP contribution in [0.5, 0.6) is 0 Å². The van der Waals surface area contributed by atoms with E-state index in [9.17, 15) is 14.0 Å². The number of piperazine rings is 1. The molecule has 0 aliphatic carbocycles. The Labute approximate surface area is 142 Å². The van der Waals surface area contributed by atoms with E-state index in [-0.39, 0.29) is 24.1 Å². The zero-order valence-electron chi connectivity index (χ0n) is 14.3. The lowest BCUT2D eigenvalue weighted by Gasteiger charge is -2.35. The highest BCUT2D eigenvalue weighted by atomic mass is 19.1. The Hall–Kier alpha value is -1.95. The smallest absolute Gasteiger partial charge is 0.237 e. The summed E-state index contributed by atoms with van der Waals surface area (Å²) in [7, 11) is 0. The van der Waals surface area contributed by atoms with Crippen molar-refractivity contribution in [2.45, 2.75) is 32.7 Å². The fourth-order valence-electron chi connectivity index (χ4n) is 2.92. The quantitative estimate of drug-likeness (QED) is 0.790. The molecule has 1 saturated heterocycles. The van der Waals surface area contributed by atoms with E-state index in [4.69, 9.17) is 0 Å².